The van der Waals surface area contributed by atoms with E-state index in [0.29, 0.717) is 48.0 Å². The number of hydrogen-bond acceptors (Lipinski definition) is 8. The Morgan fingerprint density at radius 1 is 0.927 bits per heavy atom. The molecule has 210 valence electrons. The molecule has 4 unspecified atom stereocenters. The number of anilines is 2. The Bertz CT molecular complexity index is 1580. The summed E-state index contributed by atoms with van der Waals surface area (Å²) in [5, 5.41) is 9.61. The lowest BCUT2D eigenvalue weighted by atomic mass is 9.60. The van der Waals surface area contributed by atoms with Crippen molar-refractivity contribution in [3.63, 3.8) is 0 Å². The number of ketones is 2. The minimum Gasteiger partial charge on any atom is -0.463 e. The van der Waals surface area contributed by atoms with Crippen LogP contribution in [0.25, 0.3) is 0 Å². The van der Waals surface area contributed by atoms with Crippen LogP contribution in [0.4, 0.5) is 11.4 Å². The van der Waals surface area contributed by atoms with E-state index in [4.69, 9.17) is 9.15 Å². The molecule has 0 radical (unpaired) electrons. The third-order valence-electron chi connectivity index (χ3n) is 8.94. The number of rotatable bonds is 4. The summed E-state index contributed by atoms with van der Waals surface area (Å²) in [7, 11) is 0. The molecule has 4 atom stereocenters. The van der Waals surface area contributed by atoms with Gasteiger partial charge in [0.1, 0.15) is 18.1 Å². The zero-order valence-electron chi connectivity index (χ0n) is 22.0. The first kappa shape index (κ1) is 26.3. The van der Waals surface area contributed by atoms with E-state index >= 15 is 0 Å². The van der Waals surface area contributed by atoms with Crippen LogP contribution in [0.1, 0.15) is 30.3 Å². The van der Waals surface area contributed by atoms with Crippen molar-refractivity contribution in [1.82, 2.24) is 0 Å². The van der Waals surface area contributed by atoms with Crippen molar-refractivity contribution in [2.75, 3.05) is 36.1 Å². The average molecular weight is 619 g/mol. The monoisotopic (exact) mass is 618 g/mol. The van der Waals surface area contributed by atoms with Gasteiger partial charge in [0.05, 0.1) is 41.1 Å². The smallest absolute Gasteiger partial charge is 0.238 e. The van der Waals surface area contributed by atoms with Crippen LogP contribution in [0.5, 0.6) is 0 Å². The highest BCUT2D eigenvalue weighted by molar-refractivity contribution is 9.12. The number of aliphatic hydroxyl groups excluding tert-OH is 1. The summed E-state index contributed by atoms with van der Waals surface area (Å²) in [4.78, 5) is 57.8. The number of benzene rings is 1. The number of morpholine rings is 1. The maximum absolute atomic E-state index is 14.1. The second-order valence-electron chi connectivity index (χ2n) is 11.0. The standard InChI is InChI=1S/C31H27BrN2O7/c32-23-14-24(36)27-22(29(23)37)13-21-19(28(27)25-8-5-18(15-35)41-25)6-7-20-26(21)31(39)34(30(20)38)17-3-1-16(2-4-17)33-9-11-40-12-10-33/h1-6,8,14,20-21,26,28,35H,7,9-13,15H2. The van der Waals surface area contributed by atoms with E-state index < -0.39 is 23.7 Å². The van der Waals surface area contributed by atoms with E-state index in [-0.39, 0.29) is 40.9 Å². The second-order valence-corrected chi connectivity index (χ2v) is 11.8. The second kappa shape index (κ2) is 10.0. The number of nitrogens with zero attached hydrogens (tertiary/aromatic N) is 2. The zero-order valence-corrected chi connectivity index (χ0v) is 23.6. The van der Waals surface area contributed by atoms with Crippen LogP contribution in [-0.4, -0.2) is 54.8 Å². The molecule has 41 heavy (non-hydrogen) atoms. The zero-order chi connectivity index (χ0) is 28.4. The van der Waals surface area contributed by atoms with Gasteiger partial charge in [0.25, 0.3) is 0 Å². The van der Waals surface area contributed by atoms with Gasteiger partial charge in [0.15, 0.2) is 11.6 Å². The molecule has 7 rings (SSSR count). The van der Waals surface area contributed by atoms with Gasteiger partial charge in [-0.25, -0.2) is 0 Å². The number of furan rings is 1. The molecule has 1 N–H and O–H groups in total. The number of ether oxygens (including phenoxy) is 1. The molecule has 3 heterocycles. The maximum atomic E-state index is 14.1. The number of imide groups is 1. The van der Waals surface area contributed by atoms with Gasteiger partial charge < -0.3 is 19.2 Å². The lowest BCUT2D eigenvalue weighted by molar-refractivity contribution is -0.123. The van der Waals surface area contributed by atoms with Crippen LogP contribution >= 0.6 is 15.9 Å². The summed E-state index contributed by atoms with van der Waals surface area (Å²) in [6.07, 6.45) is 3.76. The SMILES string of the molecule is O=C1C=C(Br)C(=O)C2=C1C(c1ccc(CO)o1)C1=CCC3C(=O)N(c4ccc(N5CCOCC5)cc4)C(=O)C3C1C2. The molecule has 9 nitrogen and oxygen atoms in total. The Balaban J connectivity index is 1.25. The number of amides is 2. The van der Waals surface area contributed by atoms with Crippen LogP contribution in [0, 0.1) is 17.8 Å². The van der Waals surface area contributed by atoms with Gasteiger partial charge in [-0.15, -0.1) is 0 Å². The molecule has 2 aliphatic heterocycles. The summed E-state index contributed by atoms with van der Waals surface area (Å²) < 4.78 is 11.5. The summed E-state index contributed by atoms with van der Waals surface area (Å²) >= 11 is 3.23. The minimum atomic E-state index is -0.678. The molecule has 3 aliphatic carbocycles. The lowest BCUT2D eigenvalue weighted by Crippen LogP contribution is -2.39. The molecule has 1 aromatic carbocycles. The first-order valence-corrected chi connectivity index (χ1v) is 14.6. The Morgan fingerprint density at radius 2 is 1.66 bits per heavy atom. The highest BCUT2D eigenvalue weighted by Crippen LogP contribution is 2.55. The molecular weight excluding hydrogens is 592 g/mol. The van der Waals surface area contributed by atoms with E-state index in [9.17, 15) is 24.3 Å². The van der Waals surface area contributed by atoms with Gasteiger partial charge in [0, 0.05) is 36.0 Å². The highest BCUT2D eigenvalue weighted by Gasteiger charge is 2.57. The van der Waals surface area contributed by atoms with Crippen molar-refractivity contribution >= 4 is 50.7 Å². The van der Waals surface area contributed by atoms with Crippen LogP contribution in [0.2, 0.25) is 0 Å². The lowest BCUT2D eigenvalue weighted by Gasteiger charge is -2.41. The summed E-state index contributed by atoms with van der Waals surface area (Å²) in [5.74, 6) is -2.74. The van der Waals surface area contributed by atoms with Crippen LogP contribution in [0.3, 0.4) is 0 Å². The molecular formula is C31H27BrN2O7. The number of carbonyl (C=O) groups excluding carboxylic acids is 4. The number of hydrogen-bond donors (Lipinski definition) is 1. The molecule has 5 aliphatic rings. The first-order valence-electron chi connectivity index (χ1n) is 13.8. The third-order valence-corrected chi connectivity index (χ3v) is 9.53. The third kappa shape index (κ3) is 4.11. The normalized spacial score (nSPS) is 28.0. The molecule has 1 aromatic heterocycles. The molecule has 2 amide bonds. The Kier molecular flexibility index (Phi) is 6.44. The molecule has 0 spiro atoms. The van der Waals surface area contributed by atoms with E-state index in [1.54, 1.807) is 24.3 Å². The predicted octanol–water partition coefficient (Wildman–Crippen LogP) is 3.58. The Morgan fingerprint density at radius 3 is 2.37 bits per heavy atom. The molecule has 10 heteroatoms. The number of aliphatic hydroxyl groups is 1. The van der Waals surface area contributed by atoms with E-state index in [1.807, 2.05) is 18.2 Å². The van der Waals surface area contributed by atoms with Crippen molar-refractivity contribution in [3.05, 3.63) is 81.3 Å². The largest absolute Gasteiger partial charge is 0.463 e. The van der Waals surface area contributed by atoms with Gasteiger partial charge >= 0.3 is 0 Å². The minimum absolute atomic E-state index is 0.172. The highest BCUT2D eigenvalue weighted by atomic mass is 79.9. The fourth-order valence-electron chi connectivity index (χ4n) is 7.06. The summed E-state index contributed by atoms with van der Waals surface area (Å²) in [6.45, 7) is 2.56. The van der Waals surface area contributed by atoms with Gasteiger partial charge in [-0.05, 0) is 71.1 Å². The van der Waals surface area contributed by atoms with Gasteiger partial charge in [-0.1, -0.05) is 11.6 Å². The number of allylic oxidation sites excluding steroid dienone is 6. The fourth-order valence-corrected chi connectivity index (χ4v) is 7.50. The molecule has 2 saturated heterocycles. The van der Waals surface area contributed by atoms with Crippen molar-refractivity contribution in [3.8, 4) is 0 Å². The van der Waals surface area contributed by atoms with Crippen LogP contribution in [0.15, 0.2) is 74.2 Å². The van der Waals surface area contributed by atoms with Gasteiger partial charge in [-0.2, -0.15) is 0 Å². The fraction of sp³-hybridized carbons (Fsp3) is 0.355. The topological polar surface area (TPSA) is 117 Å². The summed E-state index contributed by atoms with van der Waals surface area (Å²) in [6, 6.07) is 10.8. The number of halogens is 1. The number of fused-ring (bicyclic) bond motifs is 3. The van der Waals surface area contributed by atoms with E-state index in [2.05, 4.69) is 20.8 Å². The number of Topliss-reactive ketones (excluding diaryl/α,β-unsaturated/α-hetero) is 1. The molecule has 0 saturated carbocycles. The molecule has 2 aromatic rings. The van der Waals surface area contributed by atoms with Crippen LogP contribution < -0.4 is 9.80 Å². The van der Waals surface area contributed by atoms with Crippen molar-refractivity contribution in [2.45, 2.75) is 25.4 Å². The Hall–Kier alpha value is -3.60. The molecule has 0 bridgehead atoms. The average Bonchev–Trinajstić information content (AvgIpc) is 3.57. The van der Waals surface area contributed by atoms with E-state index in [0.717, 1.165) is 24.4 Å². The van der Waals surface area contributed by atoms with Crippen molar-refractivity contribution < 1.29 is 33.4 Å². The predicted molar refractivity (Wildman–Crippen MR) is 151 cm³/mol. The molecule has 2 fully saturated rings. The van der Waals surface area contributed by atoms with Gasteiger partial charge in [0.2, 0.25) is 11.8 Å². The first-order chi connectivity index (χ1) is 19.9. The van der Waals surface area contributed by atoms with Crippen molar-refractivity contribution in [2.24, 2.45) is 17.8 Å². The maximum Gasteiger partial charge on any atom is 0.238 e. The van der Waals surface area contributed by atoms with Gasteiger partial charge in [-0.3, -0.25) is 24.1 Å². The number of carbonyl (C=O) groups is 4. The quantitative estimate of drug-likeness (QED) is 0.314. The Labute approximate surface area is 244 Å². The van der Waals surface area contributed by atoms with Crippen molar-refractivity contribution in [1.29, 1.82) is 0 Å². The van der Waals surface area contributed by atoms with E-state index in [1.165, 1.54) is 11.0 Å². The van der Waals surface area contributed by atoms with Crippen LogP contribution in [-0.2, 0) is 30.5 Å². The summed E-state index contributed by atoms with van der Waals surface area (Å²) in [5.41, 5.74) is 3.01.